The lowest BCUT2D eigenvalue weighted by Gasteiger charge is -2.26. The maximum atomic E-state index is 11.7. The summed E-state index contributed by atoms with van der Waals surface area (Å²) in [6, 6.07) is 9.77. The Morgan fingerprint density at radius 1 is 1.39 bits per heavy atom. The van der Waals surface area contributed by atoms with Crippen LogP contribution in [0.2, 0.25) is 0 Å². The second-order valence-electron chi connectivity index (χ2n) is 4.86. The zero-order valence-electron chi connectivity index (χ0n) is 10.8. The van der Waals surface area contributed by atoms with Crippen molar-refractivity contribution in [1.29, 1.82) is 0 Å². The molecule has 96 valence electrons. The molecule has 1 fully saturated rings. The van der Waals surface area contributed by atoms with Gasteiger partial charge in [-0.1, -0.05) is 30.3 Å². The lowest BCUT2D eigenvalue weighted by atomic mass is 10.1. The Hall–Kier alpha value is -1.61. The molecule has 0 aliphatic carbocycles. The van der Waals surface area contributed by atoms with Crippen LogP contribution in [0.4, 0.5) is 0 Å². The Kier molecular flexibility index (Phi) is 4.53. The first kappa shape index (κ1) is 12.8. The standard InChI is InChI=1S/C15H19NO2/c1-16-11-5-8-14(12-16)18-15(17)10-9-13-6-3-2-4-7-13/h2-4,6-7,9-10,14H,5,8,11-12H2,1H3/p+1/b10-9+/t14-/m1/s1. The first-order valence-corrected chi connectivity index (χ1v) is 6.49. The summed E-state index contributed by atoms with van der Waals surface area (Å²) in [5, 5.41) is 0. The van der Waals surface area contributed by atoms with Gasteiger partial charge in [-0.25, -0.2) is 4.79 Å². The number of carbonyl (C=O) groups is 1. The van der Waals surface area contributed by atoms with Crippen molar-refractivity contribution < 1.29 is 14.4 Å². The largest absolute Gasteiger partial charge is 0.453 e. The van der Waals surface area contributed by atoms with Crippen molar-refractivity contribution >= 4 is 12.0 Å². The van der Waals surface area contributed by atoms with E-state index in [0.717, 1.165) is 24.9 Å². The predicted octanol–water partition coefficient (Wildman–Crippen LogP) is 0.920. The van der Waals surface area contributed by atoms with Crippen molar-refractivity contribution in [3.05, 3.63) is 42.0 Å². The molecule has 0 radical (unpaired) electrons. The molecule has 1 aliphatic heterocycles. The Balaban J connectivity index is 1.83. The SMILES string of the molecule is C[NH+]1CCC[C@@H](OC(=O)/C=C/c2ccccc2)C1. The predicted molar refractivity (Wildman–Crippen MR) is 71.2 cm³/mol. The molecule has 0 spiro atoms. The van der Waals surface area contributed by atoms with Gasteiger partial charge in [-0.3, -0.25) is 0 Å². The third-order valence-corrected chi connectivity index (χ3v) is 3.20. The van der Waals surface area contributed by atoms with Gasteiger partial charge in [-0.05, 0) is 18.1 Å². The number of carbonyl (C=O) groups excluding carboxylic acids is 1. The molecule has 0 bridgehead atoms. The molecule has 3 heteroatoms. The minimum Gasteiger partial charge on any atom is -0.453 e. The third-order valence-electron chi connectivity index (χ3n) is 3.20. The number of piperidine rings is 1. The fraction of sp³-hybridized carbons (Fsp3) is 0.400. The first-order chi connectivity index (χ1) is 8.74. The first-order valence-electron chi connectivity index (χ1n) is 6.49. The molecule has 1 unspecified atom stereocenters. The number of benzene rings is 1. The summed E-state index contributed by atoms with van der Waals surface area (Å²) >= 11 is 0. The van der Waals surface area contributed by atoms with E-state index in [1.807, 2.05) is 30.3 Å². The number of likely N-dealkylation sites (tertiary alicyclic amines) is 1. The van der Waals surface area contributed by atoms with Crippen molar-refractivity contribution in [2.75, 3.05) is 20.1 Å². The van der Waals surface area contributed by atoms with Crippen LogP contribution in [-0.4, -0.2) is 32.2 Å². The molecule has 18 heavy (non-hydrogen) atoms. The highest BCUT2D eigenvalue weighted by molar-refractivity contribution is 5.87. The van der Waals surface area contributed by atoms with E-state index in [1.165, 1.54) is 17.5 Å². The number of likely N-dealkylation sites (N-methyl/N-ethyl adjacent to an activating group) is 1. The third kappa shape index (κ3) is 4.00. The zero-order chi connectivity index (χ0) is 12.8. The second-order valence-corrected chi connectivity index (χ2v) is 4.86. The number of rotatable bonds is 3. The van der Waals surface area contributed by atoms with Gasteiger partial charge in [0.1, 0.15) is 6.54 Å². The molecule has 1 aliphatic rings. The molecular formula is C15H20NO2+. The molecule has 1 heterocycles. The van der Waals surface area contributed by atoms with Gasteiger partial charge in [0.25, 0.3) is 0 Å². The van der Waals surface area contributed by atoms with Crippen molar-refractivity contribution in [2.24, 2.45) is 0 Å². The van der Waals surface area contributed by atoms with E-state index in [4.69, 9.17) is 4.74 Å². The summed E-state index contributed by atoms with van der Waals surface area (Å²) in [4.78, 5) is 13.1. The Labute approximate surface area is 108 Å². The smallest absolute Gasteiger partial charge is 0.331 e. The molecule has 0 aromatic heterocycles. The zero-order valence-corrected chi connectivity index (χ0v) is 10.8. The summed E-state index contributed by atoms with van der Waals surface area (Å²) < 4.78 is 5.44. The maximum absolute atomic E-state index is 11.7. The van der Waals surface area contributed by atoms with Crippen LogP contribution in [-0.2, 0) is 9.53 Å². The molecule has 0 amide bonds. The monoisotopic (exact) mass is 246 g/mol. The van der Waals surface area contributed by atoms with Gasteiger partial charge in [0.05, 0.1) is 13.6 Å². The van der Waals surface area contributed by atoms with Crippen molar-refractivity contribution in [3.63, 3.8) is 0 Å². The Bertz CT molecular complexity index is 414. The number of quaternary nitrogens is 1. The van der Waals surface area contributed by atoms with Crippen LogP contribution in [0, 0.1) is 0 Å². The van der Waals surface area contributed by atoms with Gasteiger partial charge in [0.15, 0.2) is 6.10 Å². The maximum Gasteiger partial charge on any atom is 0.331 e. The number of hydrogen-bond donors (Lipinski definition) is 1. The molecule has 2 rings (SSSR count). The number of nitrogens with one attached hydrogen (secondary N) is 1. The van der Waals surface area contributed by atoms with Crippen LogP contribution in [0.5, 0.6) is 0 Å². The number of esters is 1. The highest BCUT2D eigenvalue weighted by Gasteiger charge is 2.22. The molecule has 1 N–H and O–H groups in total. The number of hydrogen-bond acceptors (Lipinski definition) is 2. The normalized spacial score (nSPS) is 24.1. The summed E-state index contributed by atoms with van der Waals surface area (Å²) in [5.74, 6) is -0.237. The van der Waals surface area contributed by atoms with Gasteiger partial charge in [-0.2, -0.15) is 0 Å². The highest BCUT2D eigenvalue weighted by atomic mass is 16.5. The lowest BCUT2D eigenvalue weighted by molar-refractivity contribution is -0.888. The second kappa shape index (κ2) is 6.36. The van der Waals surface area contributed by atoms with Crippen LogP contribution >= 0.6 is 0 Å². The van der Waals surface area contributed by atoms with Gasteiger partial charge in [-0.15, -0.1) is 0 Å². The molecule has 1 saturated heterocycles. The Morgan fingerprint density at radius 2 is 2.17 bits per heavy atom. The van der Waals surface area contributed by atoms with Crippen LogP contribution in [0.15, 0.2) is 36.4 Å². The fourth-order valence-corrected chi connectivity index (χ4v) is 2.26. The van der Waals surface area contributed by atoms with Gasteiger partial charge in [0, 0.05) is 12.5 Å². The Morgan fingerprint density at radius 3 is 2.89 bits per heavy atom. The average molecular weight is 246 g/mol. The average Bonchev–Trinajstić information content (AvgIpc) is 2.38. The van der Waals surface area contributed by atoms with Crippen LogP contribution in [0.1, 0.15) is 18.4 Å². The summed E-state index contributed by atoms with van der Waals surface area (Å²) in [6.07, 6.45) is 5.50. The van der Waals surface area contributed by atoms with Crippen molar-refractivity contribution in [2.45, 2.75) is 18.9 Å². The summed E-state index contributed by atoms with van der Waals surface area (Å²) in [6.45, 7) is 2.10. The van der Waals surface area contributed by atoms with Crippen LogP contribution in [0.25, 0.3) is 6.08 Å². The summed E-state index contributed by atoms with van der Waals surface area (Å²) in [7, 11) is 2.14. The molecule has 0 saturated carbocycles. The molecule has 1 aromatic carbocycles. The van der Waals surface area contributed by atoms with Crippen LogP contribution < -0.4 is 4.90 Å². The molecule has 2 atom stereocenters. The highest BCUT2D eigenvalue weighted by Crippen LogP contribution is 2.05. The van der Waals surface area contributed by atoms with Crippen LogP contribution in [0.3, 0.4) is 0 Å². The number of ether oxygens (including phenoxy) is 1. The molecule has 3 nitrogen and oxygen atoms in total. The quantitative estimate of drug-likeness (QED) is 0.635. The van der Waals surface area contributed by atoms with E-state index in [-0.39, 0.29) is 12.1 Å². The van der Waals surface area contributed by atoms with E-state index in [1.54, 1.807) is 6.08 Å². The van der Waals surface area contributed by atoms with Crippen molar-refractivity contribution in [1.82, 2.24) is 0 Å². The van der Waals surface area contributed by atoms with E-state index in [9.17, 15) is 4.79 Å². The minimum atomic E-state index is -0.237. The summed E-state index contributed by atoms with van der Waals surface area (Å²) in [5.41, 5.74) is 1.01. The minimum absolute atomic E-state index is 0.0756. The van der Waals surface area contributed by atoms with Gasteiger partial charge < -0.3 is 9.64 Å². The van der Waals surface area contributed by atoms with Gasteiger partial charge >= 0.3 is 5.97 Å². The molecular weight excluding hydrogens is 226 g/mol. The van der Waals surface area contributed by atoms with Crippen molar-refractivity contribution in [3.8, 4) is 0 Å². The molecule has 1 aromatic rings. The lowest BCUT2D eigenvalue weighted by Crippen LogP contribution is -3.11. The van der Waals surface area contributed by atoms with E-state index in [0.29, 0.717) is 0 Å². The fourth-order valence-electron chi connectivity index (χ4n) is 2.26. The van der Waals surface area contributed by atoms with E-state index >= 15 is 0 Å². The van der Waals surface area contributed by atoms with E-state index in [2.05, 4.69) is 7.05 Å². The van der Waals surface area contributed by atoms with Gasteiger partial charge in [0.2, 0.25) is 0 Å². The van der Waals surface area contributed by atoms with E-state index < -0.39 is 0 Å². The topological polar surface area (TPSA) is 30.7 Å².